The molecule has 6 atom stereocenters. The number of rotatable bonds is 17. The number of carboxylic acids is 1. The summed E-state index contributed by atoms with van der Waals surface area (Å²) in [7, 11) is 0. The fraction of sp³-hybridized carbons (Fsp3) is 0.750. The third kappa shape index (κ3) is 11.3. The smallest absolute Gasteiger partial charge is 0.326 e. The van der Waals surface area contributed by atoms with Crippen LogP contribution in [-0.4, -0.2) is 107 Å². The summed E-state index contributed by atoms with van der Waals surface area (Å²) in [6.45, 7) is 3.62. The molecule has 0 aromatic rings. The summed E-state index contributed by atoms with van der Waals surface area (Å²) < 4.78 is 0. The summed E-state index contributed by atoms with van der Waals surface area (Å²) in [6.07, 6.45) is 1.53. The van der Waals surface area contributed by atoms with Gasteiger partial charge in [-0.1, -0.05) is 0 Å². The van der Waals surface area contributed by atoms with Crippen molar-refractivity contribution in [3.8, 4) is 0 Å². The topological polar surface area (TPSA) is 282 Å². The van der Waals surface area contributed by atoms with Crippen LogP contribution < -0.4 is 38.9 Å². The number of unbranched alkanes of at least 4 members (excludes halogenated alkanes) is 1. The molecule has 1 aliphatic rings. The summed E-state index contributed by atoms with van der Waals surface area (Å²) in [5.74, 6) is -3.85. The van der Waals surface area contributed by atoms with E-state index in [9.17, 15) is 34.2 Å². The summed E-state index contributed by atoms with van der Waals surface area (Å²) >= 11 is 0. The zero-order valence-electron chi connectivity index (χ0n) is 23.2. The van der Waals surface area contributed by atoms with Crippen LogP contribution in [0.4, 0.5) is 0 Å². The Balaban J connectivity index is 2.85. The maximum atomic E-state index is 13.4. The molecule has 13 N–H and O–H groups in total. The lowest BCUT2D eigenvalue weighted by atomic mass is 10.1. The molecule has 0 bridgehead atoms. The fourth-order valence-corrected chi connectivity index (χ4v) is 4.17. The number of aliphatic hydroxyl groups is 1. The number of nitrogens with zero attached hydrogens (tertiary/aromatic N) is 2. The van der Waals surface area contributed by atoms with Gasteiger partial charge in [0.1, 0.15) is 30.2 Å². The van der Waals surface area contributed by atoms with Crippen LogP contribution in [0.5, 0.6) is 0 Å². The molecule has 228 valence electrons. The van der Waals surface area contributed by atoms with Crippen molar-refractivity contribution in [3.05, 3.63) is 0 Å². The van der Waals surface area contributed by atoms with Crippen LogP contribution in [0.15, 0.2) is 4.99 Å². The number of carbonyl (C=O) groups is 5. The first-order valence-electron chi connectivity index (χ1n) is 13.4. The molecular weight excluding hydrogens is 526 g/mol. The standard InChI is InChI=1S/C24H45N9O7/c1-13(19(35)32-16(23(39)40)8-5-11-29-24(27)28)30-20(36)17-9-6-12-33(17)22(38)15(7-3-4-10-25)31-21(37)18(26)14(2)34/h13-18,34H,3-12,25-26H2,1-2H3,(H,30,36)(H,31,37)(H,32,35)(H,39,40)(H4,27,28,29)/t13-,14+,15-,16-,17-,18-/m0/s1. The van der Waals surface area contributed by atoms with Crippen molar-refractivity contribution in [2.75, 3.05) is 19.6 Å². The molecule has 1 heterocycles. The van der Waals surface area contributed by atoms with Crippen molar-refractivity contribution in [2.45, 2.75) is 95.1 Å². The van der Waals surface area contributed by atoms with Crippen molar-refractivity contribution in [1.82, 2.24) is 20.9 Å². The second-order valence-electron chi connectivity index (χ2n) is 9.88. The number of carboxylic acid groups (broad SMARTS) is 1. The lowest BCUT2D eigenvalue weighted by Gasteiger charge is -2.30. The van der Waals surface area contributed by atoms with Gasteiger partial charge in [0, 0.05) is 13.1 Å². The van der Waals surface area contributed by atoms with Crippen LogP contribution in [0.25, 0.3) is 0 Å². The highest BCUT2D eigenvalue weighted by atomic mass is 16.4. The van der Waals surface area contributed by atoms with Gasteiger partial charge < -0.3 is 54.0 Å². The minimum Gasteiger partial charge on any atom is -0.480 e. The first-order chi connectivity index (χ1) is 18.8. The maximum Gasteiger partial charge on any atom is 0.326 e. The SMILES string of the molecule is C[C@H](NC(=O)[C@@H]1CCCN1C(=O)[C@H](CCCCN)NC(=O)[C@@H](N)[C@@H](C)O)C(=O)N[C@@H](CCCN=C(N)N)C(=O)O. The van der Waals surface area contributed by atoms with Gasteiger partial charge in [-0.3, -0.25) is 24.2 Å². The second kappa shape index (κ2) is 17.2. The number of nitrogens with two attached hydrogens (primary N) is 4. The molecule has 1 fully saturated rings. The number of hydrogen-bond donors (Lipinski definition) is 9. The van der Waals surface area contributed by atoms with Gasteiger partial charge in [-0.15, -0.1) is 0 Å². The van der Waals surface area contributed by atoms with Crippen molar-refractivity contribution >= 4 is 35.6 Å². The van der Waals surface area contributed by atoms with Crippen molar-refractivity contribution in [1.29, 1.82) is 0 Å². The molecule has 0 unspecified atom stereocenters. The summed E-state index contributed by atoms with van der Waals surface area (Å²) in [4.78, 5) is 68.3. The van der Waals surface area contributed by atoms with Crippen molar-refractivity contribution < 1.29 is 34.2 Å². The highest BCUT2D eigenvalue weighted by Gasteiger charge is 2.39. The Hall–Kier alpha value is -3.50. The van der Waals surface area contributed by atoms with Crippen molar-refractivity contribution in [3.63, 3.8) is 0 Å². The van der Waals surface area contributed by atoms with E-state index >= 15 is 0 Å². The number of hydrogen-bond acceptors (Lipinski definition) is 9. The van der Waals surface area contributed by atoms with Crippen molar-refractivity contribution in [2.24, 2.45) is 27.9 Å². The monoisotopic (exact) mass is 571 g/mol. The third-order valence-corrected chi connectivity index (χ3v) is 6.53. The average Bonchev–Trinajstić information content (AvgIpc) is 3.38. The van der Waals surface area contributed by atoms with Gasteiger partial charge >= 0.3 is 5.97 Å². The van der Waals surface area contributed by atoms with Gasteiger partial charge in [-0.05, 0) is 65.3 Å². The van der Waals surface area contributed by atoms with E-state index < -0.39 is 65.9 Å². The molecule has 16 nitrogen and oxygen atoms in total. The van der Waals surface area contributed by atoms with Crippen LogP contribution in [0.1, 0.15) is 58.8 Å². The normalized spacial score (nSPS) is 18.5. The zero-order chi connectivity index (χ0) is 30.4. The van der Waals surface area contributed by atoms with Gasteiger partial charge in [0.15, 0.2) is 5.96 Å². The van der Waals surface area contributed by atoms with Gasteiger partial charge in [0.25, 0.3) is 0 Å². The van der Waals surface area contributed by atoms with Crippen LogP contribution >= 0.6 is 0 Å². The zero-order valence-corrected chi connectivity index (χ0v) is 23.2. The summed E-state index contributed by atoms with van der Waals surface area (Å²) in [5, 5.41) is 26.6. The van der Waals surface area contributed by atoms with Gasteiger partial charge in [0.2, 0.25) is 23.6 Å². The van der Waals surface area contributed by atoms with Crippen LogP contribution in [0.3, 0.4) is 0 Å². The number of amides is 4. The number of aliphatic hydroxyl groups excluding tert-OH is 1. The molecule has 0 aromatic heterocycles. The number of guanidine groups is 1. The summed E-state index contributed by atoms with van der Waals surface area (Å²) in [6, 6.07) is -5.40. The molecular formula is C24H45N9O7. The first kappa shape index (κ1) is 34.5. The van der Waals surface area contributed by atoms with E-state index in [4.69, 9.17) is 22.9 Å². The van der Waals surface area contributed by atoms with E-state index in [1.54, 1.807) is 0 Å². The first-order valence-corrected chi connectivity index (χ1v) is 13.4. The molecule has 1 aliphatic heterocycles. The summed E-state index contributed by atoms with van der Waals surface area (Å²) in [5.41, 5.74) is 21.8. The Morgan fingerprint density at radius 3 is 2.17 bits per heavy atom. The quantitative estimate of drug-likeness (QED) is 0.0467. The molecule has 0 radical (unpaired) electrons. The molecule has 0 saturated carbocycles. The van der Waals surface area contributed by atoms with E-state index in [0.29, 0.717) is 38.6 Å². The Kier molecular flexibility index (Phi) is 14.9. The van der Waals surface area contributed by atoms with Gasteiger partial charge in [0.05, 0.1) is 6.10 Å². The van der Waals surface area contributed by atoms with E-state index in [0.717, 1.165) is 0 Å². The number of nitrogens with one attached hydrogen (secondary N) is 3. The lowest BCUT2D eigenvalue weighted by molar-refractivity contribution is -0.143. The molecule has 0 aromatic carbocycles. The lowest BCUT2D eigenvalue weighted by Crippen LogP contribution is -2.58. The van der Waals surface area contributed by atoms with Crippen LogP contribution in [-0.2, 0) is 24.0 Å². The predicted molar refractivity (Wildman–Crippen MR) is 146 cm³/mol. The Morgan fingerprint density at radius 2 is 1.60 bits per heavy atom. The molecule has 1 saturated heterocycles. The number of aliphatic imine (C=N–C) groups is 1. The Labute approximate surface area is 233 Å². The molecule has 40 heavy (non-hydrogen) atoms. The Bertz CT molecular complexity index is 911. The number of likely N-dealkylation sites (tertiary alicyclic amines) is 1. The minimum atomic E-state index is -1.25. The van der Waals surface area contributed by atoms with E-state index in [1.807, 2.05) is 0 Å². The largest absolute Gasteiger partial charge is 0.480 e. The van der Waals surface area contributed by atoms with Gasteiger partial charge in [-0.2, -0.15) is 0 Å². The fourth-order valence-electron chi connectivity index (χ4n) is 4.17. The van der Waals surface area contributed by atoms with Crippen LogP contribution in [0, 0.1) is 0 Å². The maximum absolute atomic E-state index is 13.4. The highest BCUT2D eigenvalue weighted by molar-refractivity contribution is 5.95. The molecule has 16 heteroatoms. The second-order valence-corrected chi connectivity index (χ2v) is 9.88. The van der Waals surface area contributed by atoms with Crippen LogP contribution in [0.2, 0.25) is 0 Å². The van der Waals surface area contributed by atoms with E-state index in [-0.39, 0.29) is 31.9 Å². The van der Waals surface area contributed by atoms with E-state index in [1.165, 1.54) is 18.7 Å². The molecule has 0 spiro atoms. The molecule has 4 amide bonds. The highest BCUT2D eigenvalue weighted by Crippen LogP contribution is 2.20. The Morgan fingerprint density at radius 1 is 0.975 bits per heavy atom. The van der Waals surface area contributed by atoms with Gasteiger partial charge in [-0.25, -0.2) is 4.79 Å². The van der Waals surface area contributed by atoms with E-state index in [2.05, 4.69) is 20.9 Å². The predicted octanol–water partition coefficient (Wildman–Crippen LogP) is -3.57. The molecule has 1 rings (SSSR count). The third-order valence-electron chi connectivity index (χ3n) is 6.53. The molecule has 0 aliphatic carbocycles. The average molecular weight is 572 g/mol. The minimum absolute atomic E-state index is 0.0689. The number of carbonyl (C=O) groups excluding carboxylic acids is 4. The number of aliphatic carboxylic acids is 1.